The van der Waals surface area contributed by atoms with E-state index in [4.69, 9.17) is 0 Å². The molecule has 0 fully saturated rings. The molecule has 0 spiro atoms. The molecule has 1 aromatic rings. The number of hydrogen-bond acceptors (Lipinski definition) is 2. The highest BCUT2D eigenvalue weighted by molar-refractivity contribution is 9.10. The molecule has 2 nitrogen and oxygen atoms in total. The molecule has 3 heteroatoms. The lowest BCUT2D eigenvalue weighted by Gasteiger charge is -2.29. The van der Waals surface area contributed by atoms with E-state index in [1.54, 1.807) is 0 Å². The summed E-state index contributed by atoms with van der Waals surface area (Å²) < 4.78 is 1.02. The molecule has 0 saturated carbocycles. The summed E-state index contributed by atoms with van der Waals surface area (Å²) >= 11 is 3.46. The Hall–Kier alpha value is -0.540. The van der Waals surface area contributed by atoms with Gasteiger partial charge in [-0.05, 0) is 41.4 Å². The van der Waals surface area contributed by atoms with Gasteiger partial charge in [-0.3, -0.25) is 0 Å². The Kier molecular flexibility index (Phi) is 3.96. The Morgan fingerprint density at radius 1 is 1.43 bits per heavy atom. The predicted molar refractivity (Wildman–Crippen MR) is 63.5 cm³/mol. The number of nitrogens with one attached hydrogen (secondary N) is 1. The lowest BCUT2D eigenvalue weighted by molar-refractivity contribution is 0.219. The molecule has 0 aliphatic heterocycles. The third-order valence-electron chi connectivity index (χ3n) is 2.44. The maximum Gasteiger partial charge on any atom is 0.0658 e. The molecule has 0 saturated heterocycles. The van der Waals surface area contributed by atoms with Crippen molar-refractivity contribution in [1.29, 1.82) is 0 Å². The van der Waals surface area contributed by atoms with Gasteiger partial charge >= 0.3 is 0 Å². The summed E-state index contributed by atoms with van der Waals surface area (Å²) in [5.41, 5.74) is 0.773. The second-order valence-electron chi connectivity index (χ2n) is 3.68. The zero-order valence-electron chi connectivity index (χ0n) is 8.55. The Morgan fingerprint density at radius 3 is 2.57 bits per heavy atom. The largest absolute Gasteiger partial charge is 0.394 e. The number of aliphatic hydroxyl groups excluding tert-OH is 1. The van der Waals surface area contributed by atoms with Gasteiger partial charge in [-0.2, -0.15) is 0 Å². The van der Waals surface area contributed by atoms with Crippen LogP contribution in [0.5, 0.6) is 0 Å². The first kappa shape index (κ1) is 11.5. The summed E-state index contributed by atoms with van der Waals surface area (Å²) in [4.78, 5) is 0. The van der Waals surface area contributed by atoms with E-state index < -0.39 is 0 Å². The second kappa shape index (κ2) is 4.80. The molecule has 78 valence electrons. The van der Waals surface area contributed by atoms with Crippen molar-refractivity contribution in [2.45, 2.75) is 25.8 Å². The average Bonchev–Trinajstić information content (AvgIpc) is 2.21. The minimum atomic E-state index is -0.246. The van der Waals surface area contributed by atoms with Crippen LogP contribution in [-0.4, -0.2) is 17.3 Å². The molecule has 1 unspecified atom stereocenters. The van der Waals surface area contributed by atoms with Gasteiger partial charge in [0.15, 0.2) is 0 Å². The van der Waals surface area contributed by atoms with Crippen LogP contribution in [0.2, 0.25) is 0 Å². The first-order chi connectivity index (χ1) is 6.61. The molecule has 2 N–H and O–H groups in total. The summed E-state index contributed by atoms with van der Waals surface area (Å²) in [7, 11) is 0. The third-order valence-corrected chi connectivity index (χ3v) is 3.13. The molecule has 0 heterocycles. The van der Waals surface area contributed by atoms with E-state index in [2.05, 4.69) is 28.2 Å². The number of para-hydroxylation sites is 1. The number of aliphatic hydroxyl groups is 1. The Morgan fingerprint density at radius 2 is 2.07 bits per heavy atom. The van der Waals surface area contributed by atoms with Crippen LogP contribution in [0.15, 0.2) is 28.7 Å². The number of halogens is 1. The maximum absolute atomic E-state index is 9.26. The SMILES string of the molecule is CCC(C)(CO)Nc1ccccc1Br. The molecule has 0 bridgehead atoms. The summed E-state index contributed by atoms with van der Waals surface area (Å²) in [5.74, 6) is 0. The molecule has 1 rings (SSSR count). The van der Waals surface area contributed by atoms with Gasteiger partial charge in [0.05, 0.1) is 12.1 Å². The van der Waals surface area contributed by atoms with E-state index in [-0.39, 0.29) is 12.1 Å². The average molecular weight is 258 g/mol. The molecule has 0 radical (unpaired) electrons. The first-order valence-corrected chi connectivity index (χ1v) is 5.54. The Balaban J connectivity index is 2.82. The predicted octanol–water partition coefficient (Wildman–Crippen LogP) is 3.02. The molecule has 14 heavy (non-hydrogen) atoms. The van der Waals surface area contributed by atoms with Crippen molar-refractivity contribution in [2.24, 2.45) is 0 Å². The molecule has 0 aliphatic rings. The van der Waals surface area contributed by atoms with Crippen molar-refractivity contribution in [3.63, 3.8) is 0 Å². The highest BCUT2D eigenvalue weighted by Crippen LogP contribution is 2.25. The van der Waals surface area contributed by atoms with Crippen LogP contribution < -0.4 is 5.32 Å². The Labute approximate surface area is 93.5 Å². The molecule has 0 aromatic heterocycles. The van der Waals surface area contributed by atoms with Crippen LogP contribution in [0.3, 0.4) is 0 Å². The fourth-order valence-electron chi connectivity index (χ4n) is 1.13. The number of hydrogen-bond donors (Lipinski definition) is 2. The molecule has 1 aromatic carbocycles. The van der Waals surface area contributed by atoms with Crippen molar-refractivity contribution < 1.29 is 5.11 Å². The monoisotopic (exact) mass is 257 g/mol. The zero-order valence-corrected chi connectivity index (χ0v) is 10.1. The molecular weight excluding hydrogens is 242 g/mol. The highest BCUT2D eigenvalue weighted by Gasteiger charge is 2.20. The van der Waals surface area contributed by atoms with Crippen molar-refractivity contribution in [1.82, 2.24) is 0 Å². The second-order valence-corrected chi connectivity index (χ2v) is 4.53. The van der Waals surface area contributed by atoms with Gasteiger partial charge in [0.25, 0.3) is 0 Å². The fourth-order valence-corrected chi connectivity index (χ4v) is 1.51. The van der Waals surface area contributed by atoms with Crippen molar-refractivity contribution in [2.75, 3.05) is 11.9 Å². The molecule has 0 aliphatic carbocycles. The topological polar surface area (TPSA) is 32.3 Å². The summed E-state index contributed by atoms with van der Waals surface area (Å²) in [6.07, 6.45) is 0.880. The van der Waals surface area contributed by atoms with Gasteiger partial charge in [-0.25, -0.2) is 0 Å². The molecule has 1 atom stereocenters. The van der Waals surface area contributed by atoms with Crippen LogP contribution >= 0.6 is 15.9 Å². The number of benzene rings is 1. The van der Waals surface area contributed by atoms with E-state index in [0.717, 1.165) is 16.6 Å². The van der Waals surface area contributed by atoms with Crippen molar-refractivity contribution in [3.8, 4) is 0 Å². The van der Waals surface area contributed by atoms with Crippen LogP contribution in [0.25, 0.3) is 0 Å². The van der Waals surface area contributed by atoms with Crippen molar-refractivity contribution >= 4 is 21.6 Å². The van der Waals surface area contributed by atoms with E-state index in [1.165, 1.54) is 0 Å². The van der Waals surface area contributed by atoms with Gasteiger partial charge in [0, 0.05) is 10.2 Å². The lowest BCUT2D eigenvalue weighted by Crippen LogP contribution is -2.38. The molecular formula is C11H16BrNO. The molecule has 0 amide bonds. The van der Waals surface area contributed by atoms with E-state index in [1.807, 2.05) is 31.2 Å². The maximum atomic E-state index is 9.26. The quantitative estimate of drug-likeness (QED) is 0.870. The van der Waals surface area contributed by atoms with Gasteiger partial charge in [-0.1, -0.05) is 19.1 Å². The van der Waals surface area contributed by atoms with Crippen LogP contribution in [0, 0.1) is 0 Å². The lowest BCUT2D eigenvalue weighted by atomic mass is 10.00. The van der Waals surface area contributed by atoms with Crippen LogP contribution in [0.1, 0.15) is 20.3 Å². The fraction of sp³-hybridized carbons (Fsp3) is 0.455. The summed E-state index contributed by atoms with van der Waals surface area (Å²) in [6.45, 7) is 4.19. The van der Waals surface area contributed by atoms with Crippen molar-refractivity contribution in [3.05, 3.63) is 28.7 Å². The highest BCUT2D eigenvalue weighted by atomic mass is 79.9. The third kappa shape index (κ3) is 2.72. The normalized spacial score (nSPS) is 14.9. The number of anilines is 1. The standard InChI is InChI=1S/C11H16BrNO/c1-3-11(2,8-14)13-10-7-5-4-6-9(10)12/h4-7,13-14H,3,8H2,1-2H3. The number of rotatable bonds is 4. The van der Waals surface area contributed by atoms with Gasteiger partial charge < -0.3 is 10.4 Å². The van der Waals surface area contributed by atoms with Gasteiger partial charge in [0.1, 0.15) is 0 Å². The first-order valence-electron chi connectivity index (χ1n) is 4.75. The summed E-state index contributed by atoms with van der Waals surface area (Å²) in [6, 6.07) is 7.92. The van der Waals surface area contributed by atoms with Gasteiger partial charge in [0.2, 0.25) is 0 Å². The van der Waals surface area contributed by atoms with Crippen LogP contribution in [0.4, 0.5) is 5.69 Å². The zero-order chi connectivity index (χ0) is 10.6. The van der Waals surface area contributed by atoms with Crippen LogP contribution in [-0.2, 0) is 0 Å². The minimum Gasteiger partial charge on any atom is -0.394 e. The summed E-state index contributed by atoms with van der Waals surface area (Å²) in [5, 5.41) is 12.6. The van der Waals surface area contributed by atoms with E-state index in [9.17, 15) is 5.11 Å². The van der Waals surface area contributed by atoms with E-state index >= 15 is 0 Å². The van der Waals surface area contributed by atoms with E-state index in [0.29, 0.717) is 0 Å². The minimum absolute atomic E-state index is 0.130. The smallest absolute Gasteiger partial charge is 0.0658 e. The Bertz CT molecular complexity index is 297. The van der Waals surface area contributed by atoms with Gasteiger partial charge in [-0.15, -0.1) is 0 Å².